The first-order chi connectivity index (χ1) is 10.2. The summed E-state index contributed by atoms with van der Waals surface area (Å²) in [6, 6.07) is 7.79. The highest BCUT2D eigenvalue weighted by molar-refractivity contribution is 7.19. The Kier molecular flexibility index (Phi) is 3.08. The van der Waals surface area contributed by atoms with Gasteiger partial charge in [-0.25, -0.2) is 9.97 Å². The first kappa shape index (κ1) is 13.0. The fourth-order valence-corrected chi connectivity index (χ4v) is 4.48. The summed E-state index contributed by atoms with van der Waals surface area (Å²) in [6.45, 7) is 0. The smallest absolute Gasteiger partial charge is 0.136 e. The van der Waals surface area contributed by atoms with Gasteiger partial charge in [0.15, 0.2) is 0 Å². The summed E-state index contributed by atoms with van der Waals surface area (Å²) in [5.74, 6) is 1.39. The molecule has 106 valence electrons. The van der Waals surface area contributed by atoms with E-state index in [9.17, 15) is 0 Å². The summed E-state index contributed by atoms with van der Waals surface area (Å²) < 4.78 is 0. The van der Waals surface area contributed by atoms with Crippen molar-refractivity contribution in [3.05, 3.63) is 51.1 Å². The van der Waals surface area contributed by atoms with Crippen molar-refractivity contribution in [2.75, 3.05) is 5.73 Å². The molecule has 2 aromatic heterocycles. The van der Waals surface area contributed by atoms with Crippen LogP contribution in [0.3, 0.4) is 0 Å². The molecule has 0 aliphatic heterocycles. The van der Waals surface area contributed by atoms with E-state index in [0.717, 1.165) is 39.5 Å². The van der Waals surface area contributed by atoms with Crippen molar-refractivity contribution < 1.29 is 0 Å². The SMILES string of the molecule is Nc1nc(Cc2cccc(Cl)c2)nc2sc3c(c12)CCC3. The van der Waals surface area contributed by atoms with Crippen LogP contribution in [0.25, 0.3) is 10.2 Å². The van der Waals surface area contributed by atoms with E-state index >= 15 is 0 Å². The van der Waals surface area contributed by atoms with Crippen LogP contribution in [0, 0.1) is 0 Å². The summed E-state index contributed by atoms with van der Waals surface area (Å²) in [4.78, 5) is 11.7. The van der Waals surface area contributed by atoms with E-state index in [2.05, 4.69) is 4.98 Å². The van der Waals surface area contributed by atoms with Crippen LogP contribution < -0.4 is 5.73 Å². The minimum Gasteiger partial charge on any atom is -0.383 e. The maximum absolute atomic E-state index is 6.19. The molecule has 5 heteroatoms. The van der Waals surface area contributed by atoms with Crippen LogP contribution >= 0.6 is 22.9 Å². The number of hydrogen-bond donors (Lipinski definition) is 1. The van der Waals surface area contributed by atoms with Gasteiger partial charge in [-0.3, -0.25) is 0 Å². The number of anilines is 1. The molecule has 1 aromatic carbocycles. The predicted octanol–water partition coefficient (Wildman–Crippen LogP) is 4.01. The molecular formula is C16H14ClN3S. The third-order valence-corrected chi connectivity index (χ3v) is 5.31. The van der Waals surface area contributed by atoms with Gasteiger partial charge >= 0.3 is 0 Å². The Bertz CT molecular complexity index is 841. The lowest BCUT2D eigenvalue weighted by Gasteiger charge is -2.04. The van der Waals surface area contributed by atoms with Crippen LogP contribution in [-0.2, 0) is 19.3 Å². The molecule has 1 aliphatic rings. The average Bonchev–Trinajstić information content (AvgIpc) is 2.98. The van der Waals surface area contributed by atoms with E-state index in [1.165, 1.54) is 16.9 Å². The highest BCUT2D eigenvalue weighted by Gasteiger charge is 2.21. The Hall–Kier alpha value is -1.65. The Labute approximate surface area is 131 Å². The quantitative estimate of drug-likeness (QED) is 0.777. The lowest BCUT2D eigenvalue weighted by Crippen LogP contribution is -2.01. The molecule has 0 atom stereocenters. The van der Waals surface area contributed by atoms with Gasteiger partial charge < -0.3 is 5.73 Å². The van der Waals surface area contributed by atoms with Gasteiger partial charge in [0.05, 0.1) is 5.39 Å². The third-order valence-electron chi connectivity index (χ3n) is 3.89. The van der Waals surface area contributed by atoms with Crippen molar-refractivity contribution in [1.29, 1.82) is 0 Å². The predicted molar refractivity (Wildman–Crippen MR) is 88.1 cm³/mol. The summed E-state index contributed by atoms with van der Waals surface area (Å²) in [5, 5.41) is 1.82. The number of nitrogens with two attached hydrogens (primary N) is 1. The fourth-order valence-electron chi connectivity index (χ4n) is 2.98. The molecular weight excluding hydrogens is 302 g/mol. The van der Waals surface area contributed by atoms with Gasteiger partial charge in [-0.1, -0.05) is 23.7 Å². The molecule has 0 unspecified atom stereocenters. The molecule has 0 saturated heterocycles. The summed E-state index contributed by atoms with van der Waals surface area (Å²) in [5.41, 5.74) is 8.67. The molecule has 0 bridgehead atoms. The molecule has 3 aromatic rings. The number of aromatic nitrogens is 2. The number of nitrogen functional groups attached to an aromatic ring is 1. The summed E-state index contributed by atoms with van der Waals surface area (Å²) in [6.07, 6.45) is 4.14. The number of nitrogens with zero attached hydrogens (tertiary/aromatic N) is 2. The topological polar surface area (TPSA) is 51.8 Å². The lowest BCUT2D eigenvalue weighted by molar-refractivity contribution is 0.916. The maximum Gasteiger partial charge on any atom is 0.136 e. The molecule has 0 amide bonds. The molecule has 4 rings (SSSR count). The van der Waals surface area contributed by atoms with Gasteiger partial charge in [0, 0.05) is 16.3 Å². The van der Waals surface area contributed by atoms with Crippen LogP contribution in [0.4, 0.5) is 5.82 Å². The van der Waals surface area contributed by atoms with E-state index < -0.39 is 0 Å². The molecule has 3 nitrogen and oxygen atoms in total. The van der Waals surface area contributed by atoms with Crippen molar-refractivity contribution in [1.82, 2.24) is 9.97 Å². The fraction of sp³-hybridized carbons (Fsp3) is 0.250. The zero-order valence-electron chi connectivity index (χ0n) is 11.4. The standard InChI is InChI=1S/C16H14ClN3S/c17-10-4-1-3-9(7-10)8-13-19-15(18)14-11-5-2-6-12(11)21-16(14)20-13/h1,3-4,7H,2,5-6,8H2,(H2,18,19,20). The Balaban J connectivity index is 1.77. The molecule has 2 heterocycles. The van der Waals surface area contributed by atoms with Crippen molar-refractivity contribution in [3.8, 4) is 0 Å². The van der Waals surface area contributed by atoms with Gasteiger partial charge in [0.1, 0.15) is 16.5 Å². The number of halogens is 1. The Morgan fingerprint density at radius 3 is 3.00 bits per heavy atom. The zero-order chi connectivity index (χ0) is 14.4. The highest BCUT2D eigenvalue weighted by atomic mass is 35.5. The largest absolute Gasteiger partial charge is 0.383 e. The number of benzene rings is 1. The zero-order valence-corrected chi connectivity index (χ0v) is 13.0. The number of rotatable bonds is 2. The molecule has 0 fully saturated rings. The van der Waals surface area contributed by atoms with E-state index in [0.29, 0.717) is 12.2 Å². The first-order valence-electron chi connectivity index (χ1n) is 7.02. The summed E-state index contributed by atoms with van der Waals surface area (Å²) >= 11 is 7.80. The number of hydrogen-bond acceptors (Lipinski definition) is 4. The van der Waals surface area contributed by atoms with Crippen molar-refractivity contribution in [3.63, 3.8) is 0 Å². The van der Waals surface area contributed by atoms with E-state index in [1.807, 2.05) is 24.3 Å². The van der Waals surface area contributed by atoms with Gasteiger partial charge in [-0.2, -0.15) is 0 Å². The van der Waals surface area contributed by atoms with Crippen LogP contribution in [0.15, 0.2) is 24.3 Å². The average molecular weight is 316 g/mol. The van der Waals surface area contributed by atoms with Crippen LogP contribution in [0.5, 0.6) is 0 Å². The van der Waals surface area contributed by atoms with E-state index in [1.54, 1.807) is 11.3 Å². The second-order valence-corrected chi connectivity index (χ2v) is 6.89. The molecule has 0 spiro atoms. The van der Waals surface area contributed by atoms with Crippen LogP contribution in [-0.4, -0.2) is 9.97 Å². The normalized spacial score (nSPS) is 13.8. The van der Waals surface area contributed by atoms with Crippen LogP contribution in [0.2, 0.25) is 5.02 Å². The van der Waals surface area contributed by atoms with Crippen molar-refractivity contribution >= 4 is 39.0 Å². The second-order valence-electron chi connectivity index (χ2n) is 5.37. The molecule has 0 radical (unpaired) electrons. The number of thiophene rings is 1. The lowest BCUT2D eigenvalue weighted by atomic mass is 10.1. The van der Waals surface area contributed by atoms with Gasteiger partial charge in [0.25, 0.3) is 0 Å². The molecule has 21 heavy (non-hydrogen) atoms. The Morgan fingerprint density at radius 2 is 2.14 bits per heavy atom. The molecule has 2 N–H and O–H groups in total. The van der Waals surface area contributed by atoms with Crippen molar-refractivity contribution in [2.24, 2.45) is 0 Å². The molecule has 1 aliphatic carbocycles. The first-order valence-corrected chi connectivity index (χ1v) is 8.21. The number of aryl methyl sites for hydroxylation is 2. The van der Waals surface area contributed by atoms with Gasteiger partial charge in [0.2, 0.25) is 0 Å². The Morgan fingerprint density at radius 1 is 1.24 bits per heavy atom. The monoisotopic (exact) mass is 315 g/mol. The maximum atomic E-state index is 6.19. The van der Waals surface area contributed by atoms with Gasteiger partial charge in [-0.05, 0) is 42.5 Å². The van der Waals surface area contributed by atoms with Gasteiger partial charge in [-0.15, -0.1) is 11.3 Å². The molecule has 0 saturated carbocycles. The second kappa shape index (κ2) is 4.97. The highest BCUT2D eigenvalue weighted by Crippen LogP contribution is 2.38. The minimum atomic E-state index is 0.622. The van der Waals surface area contributed by atoms with Crippen LogP contribution in [0.1, 0.15) is 28.2 Å². The van der Waals surface area contributed by atoms with E-state index in [4.69, 9.17) is 22.3 Å². The number of fused-ring (bicyclic) bond motifs is 3. The van der Waals surface area contributed by atoms with E-state index in [-0.39, 0.29) is 0 Å². The summed E-state index contributed by atoms with van der Waals surface area (Å²) in [7, 11) is 0. The van der Waals surface area contributed by atoms with Crippen molar-refractivity contribution in [2.45, 2.75) is 25.7 Å². The third kappa shape index (κ3) is 2.28. The minimum absolute atomic E-state index is 0.622.